The van der Waals surface area contributed by atoms with Crippen molar-refractivity contribution in [2.24, 2.45) is 4.99 Å². The van der Waals surface area contributed by atoms with Crippen LogP contribution in [0.25, 0.3) is 0 Å². The minimum atomic E-state index is 0. The van der Waals surface area contributed by atoms with Gasteiger partial charge in [0.05, 0.1) is 31.9 Å². The molecule has 0 bridgehead atoms. The zero-order valence-electron chi connectivity index (χ0n) is 17.9. The number of halogens is 1. The number of hydrogen-bond donors (Lipinski definition) is 2. The summed E-state index contributed by atoms with van der Waals surface area (Å²) in [6.45, 7) is 6.81. The molecule has 0 aliphatic heterocycles. The van der Waals surface area contributed by atoms with Gasteiger partial charge in [-0.25, -0.2) is 4.99 Å². The number of ether oxygens (including phenoxy) is 2. The van der Waals surface area contributed by atoms with Crippen LogP contribution in [-0.2, 0) is 13.0 Å². The van der Waals surface area contributed by atoms with E-state index >= 15 is 0 Å². The summed E-state index contributed by atoms with van der Waals surface area (Å²) in [5.74, 6) is 2.34. The molecule has 0 amide bonds. The number of rotatable bonds is 10. The summed E-state index contributed by atoms with van der Waals surface area (Å²) in [5, 5.41) is 15.5. The van der Waals surface area contributed by atoms with Gasteiger partial charge in [0.25, 0.3) is 0 Å². The van der Waals surface area contributed by atoms with E-state index in [4.69, 9.17) is 14.7 Å². The summed E-state index contributed by atoms with van der Waals surface area (Å²) in [5.41, 5.74) is 2.95. The number of guanidine groups is 1. The number of nitriles is 1. The molecule has 0 aromatic heterocycles. The minimum Gasteiger partial charge on any atom is -0.493 e. The number of aliphatic imine (C=N–C) groups is 1. The molecule has 6 nitrogen and oxygen atoms in total. The molecule has 0 atom stereocenters. The maximum absolute atomic E-state index is 8.88. The Bertz CT molecular complexity index is 832. The average molecular weight is 522 g/mol. The van der Waals surface area contributed by atoms with E-state index in [-0.39, 0.29) is 24.0 Å². The fourth-order valence-electron chi connectivity index (χ4n) is 2.84. The molecule has 0 saturated carbocycles. The smallest absolute Gasteiger partial charge is 0.191 e. The van der Waals surface area contributed by atoms with E-state index in [1.807, 2.05) is 50.2 Å². The molecule has 0 saturated heterocycles. The summed E-state index contributed by atoms with van der Waals surface area (Å²) >= 11 is 0. The van der Waals surface area contributed by atoms with Crippen LogP contribution in [-0.4, -0.2) is 32.8 Å². The van der Waals surface area contributed by atoms with Crippen LogP contribution in [0, 0.1) is 11.3 Å². The maximum atomic E-state index is 8.88. The van der Waals surface area contributed by atoms with Gasteiger partial charge < -0.3 is 20.1 Å². The SMILES string of the molecule is CCNC(=NCc1ccc(C#N)cc1)NCCCc1ccc(OC)c(OCC)c1.I. The third kappa shape index (κ3) is 8.49. The Labute approximate surface area is 196 Å². The van der Waals surface area contributed by atoms with Crippen molar-refractivity contribution in [3.8, 4) is 17.6 Å². The van der Waals surface area contributed by atoms with Crippen molar-refractivity contribution in [3.05, 3.63) is 59.2 Å². The van der Waals surface area contributed by atoms with E-state index in [2.05, 4.69) is 27.8 Å². The first-order chi connectivity index (χ1) is 14.2. The van der Waals surface area contributed by atoms with Gasteiger partial charge in [-0.05, 0) is 62.1 Å². The van der Waals surface area contributed by atoms with Crippen molar-refractivity contribution in [1.29, 1.82) is 5.26 Å². The Hall–Kier alpha value is -2.47. The zero-order chi connectivity index (χ0) is 20.9. The fourth-order valence-corrected chi connectivity index (χ4v) is 2.84. The lowest BCUT2D eigenvalue weighted by molar-refractivity contribution is 0.310. The maximum Gasteiger partial charge on any atom is 0.191 e. The van der Waals surface area contributed by atoms with Crippen LogP contribution in [0.2, 0.25) is 0 Å². The van der Waals surface area contributed by atoms with Crippen molar-refractivity contribution >= 4 is 29.9 Å². The fraction of sp³-hybridized carbons (Fsp3) is 0.391. The lowest BCUT2D eigenvalue weighted by Gasteiger charge is -2.13. The van der Waals surface area contributed by atoms with Gasteiger partial charge in [-0.15, -0.1) is 24.0 Å². The van der Waals surface area contributed by atoms with Gasteiger partial charge in [-0.3, -0.25) is 0 Å². The van der Waals surface area contributed by atoms with Gasteiger partial charge >= 0.3 is 0 Å². The lowest BCUT2D eigenvalue weighted by Crippen LogP contribution is -2.37. The third-order valence-electron chi connectivity index (χ3n) is 4.31. The Morgan fingerprint density at radius 3 is 2.40 bits per heavy atom. The van der Waals surface area contributed by atoms with Crippen LogP contribution in [0.1, 0.15) is 37.0 Å². The molecule has 0 radical (unpaired) electrons. The molecule has 162 valence electrons. The average Bonchev–Trinajstić information content (AvgIpc) is 2.75. The van der Waals surface area contributed by atoms with Gasteiger partial charge in [0.1, 0.15) is 0 Å². The van der Waals surface area contributed by atoms with E-state index in [0.717, 1.165) is 49.0 Å². The van der Waals surface area contributed by atoms with Gasteiger partial charge in [-0.2, -0.15) is 5.26 Å². The van der Waals surface area contributed by atoms with E-state index in [0.29, 0.717) is 18.7 Å². The molecular weight excluding hydrogens is 491 g/mol. The summed E-state index contributed by atoms with van der Waals surface area (Å²) in [6, 6.07) is 15.7. The zero-order valence-corrected chi connectivity index (χ0v) is 20.2. The number of methoxy groups -OCH3 is 1. The van der Waals surface area contributed by atoms with Crippen LogP contribution in [0.15, 0.2) is 47.5 Å². The summed E-state index contributed by atoms with van der Waals surface area (Å²) in [4.78, 5) is 4.62. The van der Waals surface area contributed by atoms with E-state index in [9.17, 15) is 0 Å². The van der Waals surface area contributed by atoms with Gasteiger partial charge in [0.2, 0.25) is 0 Å². The van der Waals surface area contributed by atoms with E-state index in [1.165, 1.54) is 5.56 Å². The molecule has 2 aromatic carbocycles. The monoisotopic (exact) mass is 522 g/mol. The first-order valence-electron chi connectivity index (χ1n) is 10.0. The van der Waals surface area contributed by atoms with Crippen molar-refractivity contribution in [2.75, 3.05) is 26.8 Å². The van der Waals surface area contributed by atoms with Gasteiger partial charge in [0.15, 0.2) is 17.5 Å². The Morgan fingerprint density at radius 2 is 1.77 bits per heavy atom. The summed E-state index contributed by atoms with van der Waals surface area (Å²) in [7, 11) is 1.65. The molecule has 30 heavy (non-hydrogen) atoms. The predicted octanol–water partition coefficient (Wildman–Crippen LogP) is 4.27. The van der Waals surface area contributed by atoms with Crippen LogP contribution in [0.4, 0.5) is 0 Å². The number of nitrogens with one attached hydrogen (secondary N) is 2. The van der Waals surface area contributed by atoms with Crippen LogP contribution in [0.5, 0.6) is 11.5 Å². The topological polar surface area (TPSA) is 78.7 Å². The normalized spacial score (nSPS) is 10.5. The third-order valence-corrected chi connectivity index (χ3v) is 4.31. The highest BCUT2D eigenvalue weighted by Gasteiger charge is 2.05. The molecule has 0 aliphatic carbocycles. The summed E-state index contributed by atoms with van der Waals surface area (Å²) < 4.78 is 11.0. The van der Waals surface area contributed by atoms with Crippen molar-refractivity contribution in [1.82, 2.24) is 10.6 Å². The van der Waals surface area contributed by atoms with Crippen molar-refractivity contribution in [3.63, 3.8) is 0 Å². The van der Waals surface area contributed by atoms with E-state index < -0.39 is 0 Å². The Morgan fingerprint density at radius 1 is 1.03 bits per heavy atom. The quantitative estimate of drug-likeness (QED) is 0.211. The van der Waals surface area contributed by atoms with Crippen LogP contribution >= 0.6 is 24.0 Å². The molecule has 2 N–H and O–H groups in total. The second-order valence-corrected chi connectivity index (χ2v) is 6.45. The van der Waals surface area contributed by atoms with Crippen molar-refractivity contribution < 1.29 is 9.47 Å². The second-order valence-electron chi connectivity index (χ2n) is 6.45. The van der Waals surface area contributed by atoms with Gasteiger partial charge in [-0.1, -0.05) is 18.2 Å². The molecular formula is C23H31IN4O2. The number of benzene rings is 2. The molecule has 0 unspecified atom stereocenters. The number of aryl methyl sites for hydroxylation is 1. The highest BCUT2D eigenvalue weighted by Crippen LogP contribution is 2.28. The Balaban J connectivity index is 0.00000450. The molecule has 0 aliphatic rings. The highest BCUT2D eigenvalue weighted by molar-refractivity contribution is 14.0. The minimum absolute atomic E-state index is 0. The van der Waals surface area contributed by atoms with Crippen LogP contribution < -0.4 is 20.1 Å². The van der Waals surface area contributed by atoms with Crippen LogP contribution in [0.3, 0.4) is 0 Å². The van der Waals surface area contributed by atoms with E-state index in [1.54, 1.807) is 7.11 Å². The highest BCUT2D eigenvalue weighted by atomic mass is 127. The number of nitrogens with zero attached hydrogens (tertiary/aromatic N) is 2. The van der Waals surface area contributed by atoms with Crippen molar-refractivity contribution in [2.45, 2.75) is 33.2 Å². The molecule has 2 aromatic rings. The molecule has 2 rings (SSSR count). The molecule has 0 fully saturated rings. The Kier molecular flexibility index (Phi) is 12.4. The number of hydrogen-bond acceptors (Lipinski definition) is 4. The molecule has 7 heteroatoms. The summed E-state index contributed by atoms with van der Waals surface area (Å²) in [6.07, 6.45) is 1.91. The molecule has 0 heterocycles. The standard InChI is InChI=1S/C23H30N4O2.HI/c1-4-25-23(27-17-20-10-8-19(16-24)9-11-20)26-14-6-7-18-12-13-21(28-3)22(15-18)29-5-2;/h8-13,15H,4-7,14,17H2,1-3H3,(H2,25,26,27);1H. The predicted molar refractivity (Wildman–Crippen MR) is 132 cm³/mol. The largest absolute Gasteiger partial charge is 0.493 e. The lowest BCUT2D eigenvalue weighted by atomic mass is 10.1. The first kappa shape index (κ1) is 25.6. The molecule has 0 spiro atoms. The van der Waals surface area contributed by atoms with Gasteiger partial charge in [0, 0.05) is 13.1 Å². The first-order valence-corrected chi connectivity index (χ1v) is 10.0. The second kappa shape index (κ2) is 14.5.